The number of rotatable bonds is 6. The number of benzene rings is 3. The van der Waals surface area contributed by atoms with Crippen LogP contribution in [0.3, 0.4) is 0 Å². The first-order valence-corrected chi connectivity index (χ1v) is 11.3. The molecule has 0 unspecified atom stereocenters. The van der Waals surface area contributed by atoms with Gasteiger partial charge in [0.2, 0.25) is 0 Å². The largest absolute Gasteiger partial charge is 0.465 e. The van der Waals surface area contributed by atoms with Gasteiger partial charge < -0.3 is 14.8 Å². The van der Waals surface area contributed by atoms with Gasteiger partial charge in [-0.15, -0.1) is 0 Å². The van der Waals surface area contributed by atoms with Gasteiger partial charge in [-0.1, -0.05) is 23.2 Å². The molecule has 10 heteroatoms. The molecule has 0 saturated heterocycles. The summed E-state index contributed by atoms with van der Waals surface area (Å²) in [6, 6.07) is 16.7. The molecule has 0 atom stereocenters. The highest BCUT2D eigenvalue weighted by atomic mass is 35.5. The number of imide groups is 1. The number of aryl methyl sites for hydroxylation is 1. The molecule has 1 N–H and O–H groups in total. The van der Waals surface area contributed by atoms with Crippen LogP contribution >= 0.6 is 23.2 Å². The van der Waals surface area contributed by atoms with Crippen LogP contribution in [-0.2, 0) is 14.3 Å². The van der Waals surface area contributed by atoms with E-state index in [1.54, 1.807) is 37.3 Å². The van der Waals surface area contributed by atoms with Crippen LogP contribution in [0.2, 0.25) is 5.02 Å². The Balaban J connectivity index is 1.46. The smallest absolute Gasteiger partial charge is 0.343 e. The Hall–Kier alpha value is -4.14. The molecule has 182 valence electrons. The zero-order chi connectivity index (χ0) is 26.0. The van der Waals surface area contributed by atoms with E-state index in [4.69, 9.17) is 27.9 Å². The number of carbonyl (C=O) groups excluding carboxylic acids is 4. The second kappa shape index (κ2) is 10.2. The predicted molar refractivity (Wildman–Crippen MR) is 134 cm³/mol. The number of nitrogens with one attached hydrogen (secondary N) is 1. The fourth-order valence-corrected chi connectivity index (χ4v) is 3.72. The molecule has 3 aromatic rings. The van der Waals surface area contributed by atoms with Crippen LogP contribution in [-0.4, -0.2) is 30.9 Å². The van der Waals surface area contributed by atoms with Gasteiger partial charge in [-0.25, -0.2) is 14.5 Å². The van der Waals surface area contributed by atoms with Crippen molar-refractivity contribution < 1.29 is 28.7 Å². The van der Waals surface area contributed by atoms with Crippen molar-refractivity contribution in [1.82, 2.24) is 0 Å². The van der Waals surface area contributed by atoms with Crippen molar-refractivity contribution in [2.45, 2.75) is 6.92 Å². The molecule has 8 nitrogen and oxygen atoms in total. The summed E-state index contributed by atoms with van der Waals surface area (Å²) in [7, 11) is 1.25. The first-order valence-electron chi connectivity index (χ1n) is 10.5. The first-order chi connectivity index (χ1) is 17.2. The number of nitrogens with zero attached hydrogens (tertiary/aromatic N) is 1. The maximum absolute atomic E-state index is 13.0. The Bertz CT molecular complexity index is 1420. The van der Waals surface area contributed by atoms with Crippen LogP contribution in [0.4, 0.5) is 11.4 Å². The molecule has 0 bridgehead atoms. The molecule has 1 aliphatic heterocycles. The number of halogens is 2. The number of hydrogen-bond acceptors (Lipinski definition) is 7. The first kappa shape index (κ1) is 25.0. The van der Waals surface area contributed by atoms with Crippen molar-refractivity contribution in [2.24, 2.45) is 0 Å². The van der Waals surface area contributed by atoms with Crippen molar-refractivity contribution in [1.29, 1.82) is 0 Å². The number of anilines is 2. The van der Waals surface area contributed by atoms with Crippen LogP contribution < -0.4 is 15.0 Å². The fraction of sp³-hybridized carbons (Fsp3) is 0.0769. The maximum Gasteiger partial charge on any atom is 0.343 e. The third-order valence-electron chi connectivity index (χ3n) is 5.30. The monoisotopic (exact) mass is 524 g/mol. The van der Waals surface area contributed by atoms with E-state index in [0.29, 0.717) is 16.5 Å². The second-order valence-corrected chi connectivity index (χ2v) is 8.46. The average molecular weight is 525 g/mol. The zero-order valence-corrected chi connectivity index (χ0v) is 20.5. The molecular weight excluding hydrogens is 507 g/mol. The molecule has 0 aromatic heterocycles. The van der Waals surface area contributed by atoms with Gasteiger partial charge >= 0.3 is 11.9 Å². The summed E-state index contributed by atoms with van der Waals surface area (Å²) < 4.78 is 10.0. The van der Waals surface area contributed by atoms with Gasteiger partial charge in [0.15, 0.2) is 0 Å². The Labute approximate surface area is 216 Å². The van der Waals surface area contributed by atoms with Gasteiger partial charge in [-0.2, -0.15) is 0 Å². The topological polar surface area (TPSA) is 102 Å². The van der Waals surface area contributed by atoms with Crippen LogP contribution in [0.1, 0.15) is 26.3 Å². The lowest BCUT2D eigenvalue weighted by Crippen LogP contribution is -2.32. The summed E-state index contributed by atoms with van der Waals surface area (Å²) in [5, 5.41) is 3.11. The lowest BCUT2D eigenvalue weighted by molar-refractivity contribution is -0.120. The Morgan fingerprint density at radius 3 is 2.06 bits per heavy atom. The summed E-state index contributed by atoms with van der Waals surface area (Å²) in [5.41, 5.74) is 1.85. The average Bonchev–Trinajstić information content (AvgIpc) is 3.09. The number of carbonyl (C=O) groups is 4. The van der Waals surface area contributed by atoms with Crippen LogP contribution in [0.5, 0.6) is 5.75 Å². The van der Waals surface area contributed by atoms with E-state index in [0.717, 1.165) is 10.5 Å². The van der Waals surface area contributed by atoms with E-state index in [1.807, 2.05) is 0 Å². The predicted octanol–water partition coefficient (Wildman–Crippen LogP) is 5.09. The molecule has 1 heterocycles. The fourth-order valence-electron chi connectivity index (χ4n) is 3.39. The number of amides is 2. The molecular formula is C26H18Cl2N2O6. The minimum Gasteiger partial charge on any atom is -0.465 e. The van der Waals surface area contributed by atoms with Gasteiger partial charge in [-0.05, 0) is 79.2 Å². The summed E-state index contributed by atoms with van der Waals surface area (Å²) in [5.74, 6) is -2.15. The molecule has 0 saturated carbocycles. The van der Waals surface area contributed by atoms with Gasteiger partial charge in [0.1, 0.15) is 16.5 Å². The molecule has 0 radical (unpaired) electrons. The Morgan fingerprint density at radius 1 is 0.833 bits per heavy atom. The van der Waals surface area contributed by atoms with E-state index in [9.17, 15) is 19.2 Å². The second-order valence-electron chi connectivity index (χ2n) is 7.68. The standard InChI is InChI=1S/C26H18Cl2N2O6/c1-14-13-19(11-12-20(14)27)36-26(34)16-3-7-17(8-4-16)29-22-21(28)23(31)30(24(22)32)18-9-5-15(6-10-18)25(33)35-2/h3-13,29H,1-2H3. The molecule has 0 fully saturated rings. The Kier molecular flexibility index (Phi) is 7.10. The molecule has 2 amide bonds. The van der Waals surface area contributed by atoms with Crippen molar-refractivity contribution in [3.05, 3.63) is 99.2 Å². The number of methoxy groups -OCH3 is 1. The van der Waals surface area contributed by atoms with Crippen LogP contribution in [0, 0.1) is 6.92 Å². The quantitative estimate of drug-likeness (QED) is 0.272. The van der Waals surface area contributed by atoms with Gasteiger partial charge in [-0.3, -0.25) is 9.59 Å². The van der Waals surface area contributed by atoms with Crippen molar-refractivity contribution in [2.75, 3.05) is 17.3 Å². The summed E-state index contributed by atoms with van der Waals surface area (Å²) in [6.07, 6.45) is 0. The van der Waals surface area contributed by atoms with Gasteiger partial charge in [0.05, 0.1) is 23.9 Å². The summed E-state index contributed by atoms with van der Waals surface area (Å²) >= 11 is 12.2. The molecule has 36 heavy (non-hydrogen) atoms. The normalized spacial score (nSPS) is 13.2. The number of hydrogen-bond donors (Lipinski definition) is 1. The SMILES string of the molecule is COC(=O)c1ccc(N2C(=O)C(Cl)=C(Nc3ccc(C(=O)Oc4ccc(Cl)c(C)c4)cc3)C2=O)cc1. The Morgan fingerprint density at radius 2 is 1.44 bits per heavy atom. The number of ether oxygens (including phenoxy) is 2. The third kappa shape index (κ3) is 4.95. The minimum atomic E-state index is -0.714. The van der Waals surface area contributed by atoms with Crippen LogP contribution in [0.15, 0.2) is 77.5 Å². The van der Waals surface area contributed by atoms with E-state index < -0.39 is 23.8 Å². The highest BCUT2D eigenvalue weighted by Crippen LogP contribution is 2.30. The van der Waals surface area contributed by atoms with Crippen LogP contribution in [0.25, 0.3) is 0 Å². The van der Waals surface area contributed by atoms with E-state index in [2.05, 4.69) is 10.1 Å². The van der Waals surface area contributed by atoms with E-state index in [1.165, 1.54) is 43.5 Å². The molecule has 4 rings (SSSR count). The lowest BCUT2D eigenvalue weighted by atomic mass is 10.2. The third-order valence-corrected chi connectivity index (χ3v) is 6.08. The minimum absolute atomic E-state index is 0.120. The van der Waals surface area contributed by atoms with E-state index in [-0.39, 0.29) is 27.5 Å². The van der Waals surface area contributed by atoms with Gasteiger partial charge in [0, 0.05) is 10.7 Å². The van der Waals surface area contributed by atoms with Gasteiger partial charge in [0.25, 0.3) is 11.8 Å². The molecule has 3 aromatic carbocycles. The van der Waals surface area contributed by atoms with Crippen molar-refractivity contribution in [3.8, 4) is 5.75 Å². The highest BCUT2D eigenvalue weighted by molar-refractivity contribution is 6.53. The van der Waals surface area contributed by atoms with Crippen molar-refractivity contribution in [3.63, 3.8) is 0 Å². The highest BCUT2D eigenvalue weighted by Gasteiger charge is 2.39. The van der Waals surface area contributed by atoms with E-state index >= 15 is 0 Å². The molecule has 0 aliphatic carbocycles. The molecule has 0 spiro atoms. The summed E-state index contributed by atoms with van der Waals surface area (Å²) in [4.78, 5) is 50.6. The van der Waals surface area contributed by atoms with Crippen molar-refractivity contribution >= 4 is 58.3 Å². The lowest BCUT2D eigenvalue weighted by Gasteiger charge is -2.15. The zero-order valence-electron chi connectivity index (χ0n) is 19.0. The number of esters is 2. The maximum atomic E-state index is 13.0. The molecule has 1 aliphatic rings. The summed E-state index contributed by atoms with van der Waals surface area (Å²) in [6.45, 7) is 1.80.